The number of nitrogens with one attached hydrogen (secondary N) is 1. The molecule has 7 nitrogen and oxygen atoms in total. The fraction of sp³-hybridized carbons (Fsp3) is 0.150. The molecule has 0 radical (unpaired) electrons. The van der Waals surface area contributed by atoms with Gasteiger partial charge in [-0.3, -0.25) is 9.59 Å². The zero-order valence-electron chi connectivity index (χ0n) is 15.5. The average Bonchev–Trinajstić information content (AvgIpc) is 3.15. The van der Waals surface area contributed by atoms with Crippen LogP contribution in [0, 0.1) is 0 Å². The van der Waals surface area contributed by atoms with E-state index in [1.165, 1.54) is 13.0 Å². The molecule has 0 bridgehead atoms. The molecule has 1 aromatic heterocycles. The van der Waals surface area contributed by atoms with Crippen LogP contribution in [0.15, 0.2) is 47.1 Å². The number of halogens is 2. The lowest BCUT2D eigenvalue weighted by Crippen LogP contribution is -2.15. The first-order chi connectivity index (χ1) is 13.9. The highest BCUT2D eigenvalue weighted by Crippen LogP contribution is 2.36. The minimum absolute atomic E-state index is 0.0508. The maximum absolute atomic E-state index is 12.4. The van der Waals surface area contributed by atoms with E-state index < -0.39 is 5.91 Å². The van der Waals surface area contributed by atoms with Crippen molar-refractivity contribution in [2.24, 2.45) is 0 Å². The Balaban J connectivity index is 1.84. The number of ketones is 1. The van der Waals surface area contributed by atoms with Gasteiger partial charge >= 0.3 is 0 Å². The molecule has 1 N–H and O–H groups in total. The molecule has 29 heavy (non-hydrogen) atoms. The first kappa shape index (κ1) is 20.7. The SMILES string of the molecule is COc1ccc(COc2ccc(C(C)=O)c(NC(=O)c3coc(Cl)n3)c2Cl)cc1. The van der Waals surface area contributed by atoms with E-state index in [0.717, 1.165) is 17.6 Å². The van der Waals surface area contributed by atoms with Crippen molar-refractivity contribution in [1.29, 1.82) is 0 Å². The second-order valence-corrected chi connectivity index (χ2v) is 6.63. The fourth-order valence-electron chi connectivity index (χ4n) is 2.50. The first-order valence-corrected chi connectivity index (χ1v) is 9.16. The topological polar surface area (TPSA) is 90.7 Å². The Morgan fingerprint density at radius 2 is 1.86 bits per heavy atom. The maximum atomic E-state index is 12.4. The van der Waals surface area contributed by atoms with Crippen LogP contribution in [0.25, 0.3) is 0 Å². The van der Waals surface area contributed by atoms with E-state index in [4.69, 9.17) is 37.1 Å². The van der Waals surface area contributed by atoms with E-state index in [1.807, 2.05) is 24.3 Å². The van der Waals surface area contributed by atoms with Crippen LogP contribution in [0.3, 0.4) is 0 Å². The number of Topliss-reactive ketones (excluding diaryl/α,β-unsaturated/α-hetero) is 1. The Labute approximate surface area is 176 Å². The summed E-state index contributed by atoms with van der Waals surface area (Å²) in [5.41, 5.74) is 1.19. The maximum Gasteiger partial charge on any atom is 0.292 e. The van der Waals surface area contributed by atoms with Crippen molar-refractivity contribution in [1.82, 2.24) is 4.98 Å². The van der Waals surface area contributed by atoms with Gasteiger partial charge in [0.05, 0.1) is 12.8 Å². The summed E-state index contributed by atoms with van der Waals surface area (Å²) < 4.78 is 15.7. The average molecular weight is 435 g/mol. The molecule has 0 saturated heterocycles. The molecule has 0 aliphatic carbocycles. The number of methoxy groups -OCH3 is 1. The highest BCUT2D eigenvalue weighted by atomic mass is 35.5. The van der Waals surface area contributed by atoms with Gasteiger partial charge in [-0.2, -0.15) is 4.98 Å². The fourth-order valence-corrected chi connectivity index (χ4v) is 2.90. The molecule has 0 aliphatic heterocycles. The first-order valence-electron chi connectivity index (χ1n) is 8.40. The monoisotopic (exact) mass is 434 g/mol. The number of hydrogen-bond acceptors (Lipinski definition) is 6. The van der Waals surface area contributed by atoms with Crippen molar-refractivity contribution in [2.75, 3.05) is 12.4 Å². The van der Waals surface area contributed by atoms with Crippen molar-refractivity contribution in [2.45, 2.75) is 13.5 Å². The Morgan fingerprint density at radius 1 is 1.14 bits per heavy atom. The molecule has 0 aliphatic rings. The quantitative estimate of drug-likeness (QED) is 0.524. The third-order valence-corrected chi connectivity index (χ3v) is 4.54. The second-order valence-electron chi connectivity index (χ2n) is 5.93. The van der Waals surface area contributed by atoms with Crippen molar-refractivity contribution in [3.8, 4) is 11.5 Å². The number of carbonyl (C=O) groups excluding carboxylic acids is 2. The van der Waals surface area contributed by atoms with Gasteiger partial charge in [0.2, 0.25) is 0 Å². The molecule has 3 aromatic rings. The Hall–Kier alpha value is -3.03. The van der Waals surface area contributed by atoms with E-state index in [1.54, 1.807) is 13.2 Å². The Morgan fingerprint density at radius 3 is 2.45 bits per heavy atom. The number of nitrogens with zero attached hydrogens (tertiary/aromatic N) is 1. The molecule has 0 unspecified atom stereocenters. The molecular weight excluding hydrogens is 419 g/mol. The number of rotatable bonds is 7. The third kappa shape index (κ3) is 4.88. The van der Waals surface area contributed by atoms with E-state index in [-0.39, 0.29) is 39.7 Å². The third-order valence-electron chi connectivity index (χ3n) is 3.99. The van der Waals surface area contributed by atoms with Gasteiger partial charge in [0, 0.05) is 5.56 Å². The smallest absolute Gasteiger partial charge is 0.292 e. The number of aromatic nitrogens is 1. The Kier molecular flexibility index (Phi) is 6.41. The van der Waals surface area contributed by atoms with Gasteiger partial charge in [-0.1, -0.05) is 23.7 Å². The number of amides is 1. The lowest BCUT2D eigenvalue weighted by molar-refractivity contribution is 0.101. The Bertz CT molecular complexity index is 1050. The number of hydrogen-bond donors (Lipinski definition) is 1. The summed E-state index contributed by atoms with van der Waals surface area (Å²) in [6.07, 6.45) is 1.10. The van der Waals surface area contributed by atoms with Gasteiger partial charge in [0.1, 0.15) is 29.4 Å². The predicted octanol–water partition coefficient (Wildman–Crippen LogP) is 5.02. The highest BCUT2D eigenvalue weighted by Gasteiger charge is 2.20. The van der Waals surface area contributed by atoms with E-state index in [9.17, 15) is 9.59 Å². The van der Waals surface area contributed by atoms with Crippen LogP contribution in [0.4, 0.5) is 5.69 Å². The molecule has 150 valence electrons. The summed E-state index contributed by atoms with van der Waals surface area (Å²) in [5, 5.41) is 2.49. The summed E-state index contributed by atoms with van der Waals surface area (Å²) in [6, 6.07) is 10.4. The molecule has 9 heteroatoms. The van der Waals surface area contributed by atoms with Crippen LogP contribution >= 0.6 is 23.2 Å². The summed E-state index contributed by atoms with van der Waals surface area (Å²) >= 11 is 12.0. The van der Waals surface area contributed by atoms with Gasteiger partial charge in [-0.25, -0.2) is 0 Å². The molecule has 0 atom stereocenters. The van der Waals surface area contributed by atoms with Crippen LogP contribution < -0.4 is 14.8 Å². The van der Waals surface area contributed by atoms with Crippen LogP contribution in [0.1, 0.15) is 33.3 Å². The van der Waals surface area contributed by atoms with Gasteiger partial charge in [0.15, 0.2) is 11.5 Å². The van der Waals surface area contributed by atoms with E-state index in [0.29, 0.717) is 5.75 Å². The normalized spacial score (nSPS) is 10.5. The zero-order chi connectivity index (χ0) is 21.0. The molecule has 3 rings (SSSR count). The van der Waals surface area contributed by atoms with Crippen LogP contribution in [0.5, 0.6) is 11.5 Å². The lowest BCUT2D eigenvalue weighted by Gasteiger charge is -2.15. The molecular formula is C20H16Cl2N2O5. The number of carbonyl (C=O) groups is 2. The van der Waals surface area contributed by atoms with E-state index >= 15 is 0 Å². The van der Waals surface area contributed by atoms with Gasteiger partial charge in [0.25, 0.3) is 11.3 Å². The second kappa shape index (κ2) is 8.98. The molecule has 0 fully saturated rings. The molecule has 1 heterocycles. The summed E-state index contributed by atoms with van der Waals surface area (Å²) in [4.78, 5) is 28.1. The lowest BCUT2D eigenvalue weighted by atomic mass is 10.1. The van der Waals surface area contributed by atoms with Crippen LogP contribution in [0.2, 0.25) is 10.4 Å². The predicted molar refractivity (Wildman–Crippen MR) is 108 cm³/mol. The molecule has 0 saturated carbocycles. The summed E-state index contributed by atoms with van der Waals surface area (Å²) in [5.74, 6) is 0.135. The highest BCUT2D eigenvalue weighted by molar-refractivity contribution is 6.36. The number of oxazole rings is 1. The van der Waals surface area contributed by atoms with E-state index in [2.05, 4.69) is 10.3 Å². The minimum atomic E-state index is -0.627. The number of benzene rings is 2. The number of anilines is 1. The standard InChI is InChI=1S/C20H16Cl2N2O5/c1-11(25)14-7-8-16(28-9-12-3-5-13(27-2)6-4-12)17(21)18(14)24-19(26)15-10-29-20(22)23-15/h3-8,10H,9H2,1-2H3,(H,24,26). The van der Waals surface area contributed by atoms with Crippen molar-refractivity contribution < 1.29 is 23.5 Å². The molecule has 1 amide bonds. The minimum Gasteiger partial charge on any atom is -0.497 e. The van der Waals surface area contributed by atoms with Gasteiger partial charge < -0.3 is 19.2 Å². The van der Waals surface area contributed by atoms with Gasteiger partial charge in [-0.15, -0.1) is 0 Å². The summed E-state index contributed by atoms with van der Waals surface area (Å²) in [7, 11) is 1.59. The van der Waals surface area contributed by atoms with Crippen molar-refractivity contribution in [3.63, 3.8) is 0 Å². The van der Waals surface area contributed by atoms with Gasteiger partial charge in [-0.05, 0) is 48.4 Å². The zero-order valence-corrected chi connectivity index (χ0v) is 17.0. The van der Waals surface area contributed by atoms with Crippen molar-refractivity contribution >= 4 is 40.6 Å². The molecule has 0 spiro atoms. The summed E-state index contributed by atoms with van der Waals surface area (Å²) in [6.45, 7) is 1.60. The largest absolute Gasteiger partial charge is 0.497 e. The molecule has 2 aromatic carbocycles. The number of ether oxygens (including phenoxy) is 2. The van der Waals surface area contributed by atoms with Crippen molar-refractivity contribution in [3.05, 3.63) is 69.9 Å². The van der Waals surface area contributed by atoms with Crippen LogP contribution in [-0.4, -0.2) is 23.8 Å². The van der Waals surface area contributed by atoms with Crippen LogP contribution in [-0.2, 0) is 6.61 Å².